The Hall–Kier alpha value is -1.84. The first-order valence-electron chi connectivity index (χ1n) is 10.5. The van der Waals surface area contributed by atoms with Gasteiger partial charge in [-0.1, -0.05) is 37.3 Å². The van der Waals surface area contributed by atoms with Gasteiger partial charge in [-0.3, -0.25) is 9.59 Å². The summed E-state index contributed by atoms with van der Waals surface area (Å²) in [5, 5.41) is 3.30. The molecule has 4 aliphatic carbocycles. The van der Waals surface area contributed by atoms with Crippen molar-refractivity contribution in [3.05, 3.63) is 35.9 Å². The monoisotopic (exact) mass is 369 g/mol. The largest absolute Gasteiger partial charge is 0.453 e. The molecule has 4 nitrogen and oxygen atoms in total. The van der Waals surface area contributed by atoms with Gasteiger partial charge in [0.05, 0.1) is 6.42 Å². The zero-order valence-corrected chi connectivity index (χ0v) is 16.4. The van der Waals surface area contributed by atoms with E-state index in [1.807, 2.05) is 37.3 Å². The van der Waals surface area contributed by atoms with Gasteiger partial charge in [-0.15, -0.1) is 0 Å². The first-order chi connectivity index (χ1) is 12.9. The predicted octanol–water partition coefficient (Wildman–Crippen LogP) is 4.20. The number of hydrogen-bond acceptors (Lipinski definition) is 3. The summed E-state index contributed by atoms with van der Waals surface area (Å²) < 4.78 is 5.47. The van der Waals surface area contributed by atoms with E-state index in [0.29, 0.717) is 6.42 Å². The highest BCUT2D eigenvalue weighted by molar-refractivity contribution is 5.84. The molecule has 1 amide bonds. The lowest BCUT2D eigenvalue weighted by molar-refractivity contribution is -0.157. The Morgan fingerprint density at radius 2 is 1.59 bits per heavy atom. The van der Waals surface area contributed by atoms with Crippen molar-refractivity contribution in [2.45, 2.75) is 76.4 Å². The molecule has 4 heteroatoms. The highest BCUT2D eigenvalue weighted by atomic mass is 16.5. The molecule has 1 aromatic carbocycles. The molecule has 0 spiro atoms. The van der Waals surface area contributed by atoms with Crippen molar-refractivity contribution < 1.29 is 14.3 Å². The van der Waals surface area contributed by atoms with E-state index < -0.39 is 6.10 Å². The third-order valence-corrected chi connectivity index (χ3v) is 6.95. The lowest BCUT2D eigenvalue weighted by Crippen LogP contribution is -2.61. The third-order valence-electron chi connectivity index (χ3n) is 6.95. The summed E-state index contributed by atoms with van der Waals surface area (Å²) in [6.07, 6.45) is 6.92. The summed E-state index contributed by atoms with van der Waals surface area (Å²) in [7, 11) is 0. The van der Waals surface area contributed by atoms with Crippen molar-refractivity contribution in [2.75, 3.05) is 0 Å². The first-order valence-corrected chi connectivity index (χ1v) is 10.5. The van der Waals surface area contributed by atoms with Crippen molar-refractivity contribution in [3.63, 3.8) is 0 Å². The standard InChI is InChI=1S/C23H31NO3/c1-15(20-6-4-3-5-7-20)8-21(25)27-16(2)22(26)24-23-12-17-9-18(13-23)11-19(10-17)14-23/h3-7,15-19H,8-14H2,1-2H3,(H,24,26)/t15-,16+,17?,18?,19?,23?/m0/s1. The van der Waals surface area contributed by atoms with Crippen LogP contribution in [0.25, 0.3) is 0 Å². The lowest BCUT2D eigenvalue weighted by atomic mass is 9.53. The van der Waals surface area contributed by atoms with Crippen LogP contribution in [0.5, 0.6) is 0 Å². The molecule has 4 aliphatic rings. The van der Waals surface area contributed by atoms with Crippen LogP contribution in [0.15, 0.2) is 30.3 Å². The smallest absolute Gasteiger partial charge is 0.307 e. The number of benzene rings is 1. The molecule has 4 fully saturated rings. The predicted molar refractivity (Wildman–Crippen MR) is 104 cm³/mol. The first kappa shape index (κ1) is 18.5. The molecule has 1 N–H and O–H groups in total. The second-order valence-electron chi connectivity index (χ2n) is 9.34. The molecule has 1 aromatic rings. The molecule has 0 radical (unpaired) electrons. The Labute approximate surface area is 162 Å². The minimum Gasteiger partial charge on any atom is -0.453 e. The number of ether oxygens (including phenoxy) is 1. The fourth-order valence-electron chi connectivity index (χ4n) is 6.07. The minimum atomic E-state index is -0.728. The van der Waals surface area contributed by atoms with Crippen LogP contribution in [-0.2, 0) is 14.3 Å². The molecular weight excluding hydrogens is 338 g/mol. The normalized spacial score (nSPS) is 33.3. The molecule has 146 valence electrons. The quantitative estimate of drug-likeness (QED) is 0.765. The van der Waals surface area contributed by atoms with Gasteiger partial charge < -0.3 is 10.1 Å². The zero-order chi connectivity index (χ0) is 19.0. The van der Waals surface area contributed by atoms with E-state index in [4.69, 9.17) is 4.74 Å². The van der Waals surface area contributed by atoms with Gasteiger partial charge in [0.15, 0.2) is 6.10 Å². The van der Waals surface area contributed by atoms with Crippen molar-refractivity contribution >= 4 is 11.9 Å². The number of nitrogens with one attached hydrogen (secondary N) is 1. The fraction of sp³-hybridized carbons (Fsp3) is 0.652. The van der Waals surface area contributed by atoms with Crippen LogP contribution in [0.2, 0.25) is 0 Å². The van der Waals surface area contributed by atoms with Gasteiger partial charge in [-0.2, -0.15) is 0 Å². The molecule has 4 saturated carbocycles. The van der Waals surface area contributed by atoms with Gasteiger partial charge in [0, 0.05) is 5.54 Å². The summed E-state index contributed by atoms with van der Waals surface area (Å²) in [4.78, 5) is 25.0. The number of hydrogen-bond donors (Lipinski definition) is 1. The maximum atomic E-state index is 12.7. The summed E-state index contributed by atoms with van der Waals surface area (Å²) in [6.45, 7) is 3.71. The Bertz CT molecular complexity index is 664. The SMILES string of the molecule is C[C@@H](OC(=O)C[C@H](C)c1ccccc1)C(=O)NC12CC3CC(CC(C3)C1)C2. The van der Waals surface area contributed by atoms with Crippen LogP contribution in [0.3, 0.4) is 0 Å². The van der Waals surface area contributed by atoms with Gasteiger partial charge >= 0.3 is 5.97 Å². The van der Waals surface area contributed by atoms with E-state index in [1.165, 1.54) is 19.3 Å². The molecule has 4 bridgehead atoms. The highest BCUT2D eigenvalue weighted by Gasteiger charge is 2.51. The van der Waals surface area contributed by atoms with Crippen molar-refractivity contribution in [2.24, 2.45) is 17.8 Å². The lowest BCUT2D eigenvalue weighted by Gasteiger charge is -2.57. The summed E-state index contributed by atoms with van der Waals surface area (Å²) in [5.41, 5.74) is 1.07. The highest BCUT2D eigenvalue weighted by Crippen LogP contribution is 2.55. The minimum absolute atomic E-state index is 0.0379. The van der Waals surface area contributed by atoms with Crippen LogP contribution < -0.4 is 5.32 Å². The van der Waals surface area contributed by atoms with Crippen molar-refractivity contribution in [1.29, 1.82) is 0 Å². The average Bonchev–Trinajstić information content (AvgIpc) is 2.60. The Morgan fingerprint density at radius 3 is 2.15 bits per heavy atom. The van der Waals surface area contributed by atoms with Crippen molar-refractivity contribution in [3.8, 4) is 0 Å². The van der Waals surface area contributed by atoms with Crippen LogP contribution in [-0.4, -0.2) is 23.5 Å². The molecular formula is C23H31NO3. The molecule has 0 aromatic heterocycles. The molecule has 0 unspecified atom stereocenters. The Kier molecular flexibility index (Phi) is 5.00. The van der Waals surface area contributed by atoms with E-state index >= 15 is 0 Å². The van der Waals surface area contributed by atoms with Gasteiger partial charge in [0.2, 0.25) is 0 Å². The molecule has 2 atom stereocenters. The van der Waals surface area contributed by atoms with E-state index in [2.05, 4.69) is 5.32 Å². The van der Waals surface area contributed by atoms with E-state index in [0.717, 1.165) is 42.6 Å². The summed E-state index contributed by atoms with van der Waals surface area (Å²) in [6, 6.07) is 9.94. The number of carbonyl (C=O) groups is 2. The van der Waals surface area contributed by atoms with Gasteiger partial charge in [-0.05, 0) is 74.7 Å². The maximum Gasteiger partial charge on any atom is 0.307 e. The Balaban J connectivity index is 1.30. The Morgan fingerprint density at radius 1 is 1.04 bits per heavy atom. The fourth-order valence-corrected chi connectivity index (χ4v) is 6.07. The molecule has 0 aliphatic heterocycles. The number of amides is 1. The van der Waals surface area contributed by atoms with Crippen LogP contribution in [0.4, 0.5) is 0 Å². The molecule has 0 saturated heterocycles. The molecule has 27 heavy (non-hydrogen) atoms. The van der Waals surface area contributed by atoms with E-state index in [9.17, 15) is 9.59 Å². The number of rotatable bonds is 6. The second kappa shape index (κ2) is 7.29. The number of esters is 1. The van der Waals surface area contributed by atoms with Crippen molar-refractivity contribution in [1.82, 2.24) is 5.32 Å². The van der Waals surface area contributed by atoms with Crippen LogP contribution in [0.1, 0.15) is 70.3 Å². The summed E-state index contributed by atoms with van der Waals surface area (Å²) in [5.74, 6) is 1.98. The third kappa shape index (κ3) is 4.04. The molecule has 0 heterocycles. The number of carbonyl (C=O) groups excluding carboxylic acids is 2. The van der Waals surface area contributed by atoms with Crippen LogP contribution in [0, 0.1) is 17.8 Å². The topological polar surface area (TPSA) is 55.4 Å². The maximum absolute atomic E-state index is 12.7. The molecule has 5 rings (SSSR count). The average molecular weight is 370 g/mol. The van der Waals surface area contributed by atoms with Gasteiger partial charge in [0.25, 0.3) is 5.91 Å². The second-order valence-corrected chi connectivity index (χ2v) is 9.34. The van der Waals surface area contributed by atoms with E-state index in [-0.39, 0.29) is 23.3 Å². The van der Waals surface area contributed by atoms with Crippen LogP contribution >= 0.6 is 0 Å². The van der Waals surface area contributed by atoms with E-state index in [1.54, 1.807) is 6.92 Å². The van der Waals surface area contributed by atoms with Gasteiger partial charge in [-0.25, -0.2) is 0 Å². The van der Waals surface area contributed by atoms with Gasteiger partial charge in [0.1, 0.15) is 0 Å². The summed E-state index contributed by atoms with van der Waals surface area (Å²) >= 11 is 0. The zero-order valence-electron chi connectivity index (χ0n) is 16.4.